The minimum atomic E-state index is 0.122. The van der Waals surface area contributed by atoms with E-state index in [1.54, 1.807) is 0 Å². The number of ether oxygens (including phenoxy) is 1. The molecule has 25 heavy (non-hydrogen) atoms. The van der Waals surface area contributed by atoms with Gasteiger partial charge in [-0.1, -0.05) is 18.2 Å². The van der Waals surface area contributed by atoms with E-state index in [2.05, 4.69) is 51.6 Å². The van der Waals surface area contributed by atoms with Gasteiger partial charge in [-0.25, -0.2) is 0 Å². The van der Waals surface area contributed by atoms with Crippen LogP contribution >= 0.6 is 0 Å². The quantitative estimate of drug-likeness (QED) is 0.775. The summed E-state index contributed by atoms with van der Waals surface area (Å²) in [5, 5.41) is 12.1. The van der Waals surface area contributed by atoms with E-state index in [0.717, 1.165) is 44.3 Å². The van der Waals surface area contributed by atoms with Crippen molar-refractivity contribution in [3.8, 4) is 0 Å². The zero-order chi connectivity index (χ0) is 17.1. The maximum absolute atomic E-state index is 5.41. The molecule has 0 radical (unpaired) electrons. The van der Waals surface area contributed by atoms with Crippen molar-refractivity contribution in [3.05, 3.63) is 60.0 Å². The molecule has 6 nitrogen and oxygen atoms in total. The molecule has 3 heterocycles. The van der Waals surface area contributed by atoms with Crippen LogP contribution in [-0.4, -0.2) is 40.9 Å². The molecule has 1 saturated heterocycles. The van der Waals surface area contributed by atoms with Gasteiger partial charge in [0, 0.05) is 31.5 Å². The van der Waals surface area contributed by atoms with E-state index in [0.29, 0.717) is 0 Å². The number of pyridine rings is 1. The maximum atomic E-state index is 5.41. The Balaban J connectivity index is 1.39. The number of anilines is 1. The molecule has 0 unspecified atom stereocenters. The second-order valence-electron chi connectivity index (χ2n) is 6.36. The zero-order valence-electron chi connectivity index (χ0n) is 14.4. The number of hydrogen-bond acceptors (Lipinski definition) is 5. The SMILES string of the molecule is C[C@@H](NCc1ccc(N2CCOCC2)cc1)c1nnc2ccccn12. The number of benzene rings is 1. The van der Waals surface area contributed by atoms with Gasteiger partial charge in [0.15, 0.2) is 11.5 Å². The highest BCUT2D eigenvalue weighted by Gasteiger charge is 2.13. The molecule has 130 valence electrons. The predicted octanol–water partition coefficient (Wildman–Crippen LogP) is 2.42. The molecule has 1 N–H and O–H groups in total. The Bertz CT molecular complexity index is 823. The number of hydrogen-bond donors (Lipinski definition) is 1. The van der Waals surface area contributed by atoms with Crippen LogP contribution in [0, 0.1) is 0 Å². The monoisotopic (exact) mass is 337 g/mol. The molecular formula is C19H23N5O. The Hall–Kier alpha value is -2.44. The van der Waals surface area contributed by atoms with Gasteiger partial charge in [0.1, 0.15) is 0 Å². The van der Waals surface area contributed by atoms with Crippen LogP contribution in [0.5, 0.6) is 0 Å². The minimum Gasteiger partial charge on any atom is -0.378 e. The molecule has 1 aliphatic heterocycles. The lowest BCUT2D eigenvalue weighted by molar-refractivity contribution is 0.122. The molecule has 1 aromatic carbocycles. The van der Waals surface area contributed by atoms with Crippen LogP contribution in [0.4, 0.5) is 5.69 Å². The van der Waals surface area contributed by atoms with Crippen LogP contribution in [-0.2, 0) is 11.3 Å². The second-order valence-corrected chi connectivity index (χ2v) is 6.36. The van der Waals surface area contributed by atoms with Crippen LogP contribution < -0.4 is 10.2 Å². The summed E-state index contributed by atoms with van der Waals surface area (Å²) in [5.74, 6) is 0.931. The third-order valence-electron chi connectivity index (χ3n) is 4.65. The normalized spacial score (nSPS) is 16.3. The smallest absolute Gasteiger partial charge is 0.160 e. The van der Waals surface area contributed by atoms with Crippen LogP contribution in [0.2, 0.25) is 0 Å². The molecular weight excluding hydrogens is 314 g/mol. The molecule has 0 amide bonds. The van der Waals surface area contributed by atoms with Gasteiger partial charge in [0.2, 0.25) is 0 Å². The Morgan fingerprint density at radius 3 is 2.68 bits per heavy atom. The third kappa shape index (κ3) is 3.50. The second kappa shape index (κ2) is 7.21. The Labute approximate surface area is 147 Å². The van der Waals surface area contributed by atoms with Gasteiger partial charge in [-0.2, -0.15) is 0 Å². The minimum absolute atomic E-state index is 0.122. The number of nitrogens with one attached hydrogen (secondary N) is 1. The largest absolute Gasteiger partial charge is 0.378 e. The fourth-order valence-electron chi connectivity index (χ4n) is 3.16. The topological polar surface area (TPSA) is 54.7 Å². The lowest BCUT2D eigenvalue weighted by atomic mass is 10.1. The molecule has 0 spiro atoms. The van der Waals surface area contributed by atoms with Crippen molar-refractivity contribution in [1.29, 1.82) is 0 Å². The van der Waals surface area contributed by atoms with E-state index in [1.807, 2.05) is 28.8 Å². The highest BCUT2D eigenvalue weighted by Crippen LogP contribution is 2.18. The van der Waals surface area contributed by atoms with E-state index in [1.165, 1.54) is 11.3 Å². The van der Waals surface area contributed by atoms with Crippen LogP contribution in [0.1, 0.15) is 24.4 Å². The van der Waals surface area contributed by atoms with Gasteiger partial charge >= 0.3 is 0 Å². The summed E-state index contributed by atoms with van der Waals surface area (Å²) in [6, 6.07) is 14.8. The van der Waals surface area contributed by atoms with E-state index in [-0.39, 0.29) is 6.04 Å². The Morgan fingerprint density at radius 1 is 1.08 bits per heavy atom. The standard InChI is InChI=1S/C19H23N5O/c1-15(19-22-21-18-4-2-3-9-24(18)19)20-14-16-5-7-17(8-6-16)23-10-12-25-13-11-23/h2-9,15,20H,10-14H2,1H3/t15-/m1/s1. The van der Waals surface area contributed by atoms with Crippen LogP contribution in [0.3, 0.4) is 0 Å². The number of aromatic nitrogens is 3. The molecule has 3 aromatic rings. The molecule has 2 aromatic heterocycles. The first kappa shape index (κ1) is 16.1. The van der Waals surface area contributed by atoms with Gasteiger partial charge < -0.3 is 15.0 Å². The van der Waals surface area contributed by atoms with Crippen LogP contribution in [0.15, 0.2) is 48.7 Å². The van der Waals surface area contributed by atoms with E-state index in [4.69, 9.17) is 4.74 Å². The summed E-state index contributed by atoms with van der Waals surface area (Å²) in [7, 11) is 0. The number of rotatable bonds is 5. The molecule has 1 fully saturated rings. The van der Waals surface area contributed by atoms with Crippen molar-refractivity contribution in [1.82, 2.24) is 19.9 Å². The Kier molecular flexibility index (Phi) is 4.63. The average Bonchev–Trinajstić information content (AvgIpc) is 3.11. The van der Waals surface area contributed by atoms with Crippen molar-refractivity contribution >= 4 is 11.3 Å². The fourth-order valence-corrected chi connectivity index (χ4v) is 3.16. The zero-order valence-corrected chi connectivity index (χ0v) is 14.4. The van der Waals surface area contributed by atoms with Crippen molar-refractivity contribution in [3.63, 3.8) is 0 Å². The van der Waals surface area contributed by atoms with Gasteiger partial charge in [-0.05, 0) is 36.8 Å². The molecule has 0 aliphatic carbocycles. The number of fused-ring (bicyclic) bond motifs is 1. The molecule has 1 atom stereocenters. The highest BCUT2D eigenvalue weighted by molar-refractivity contribution is 5.48. The summed E-state index contributed by atoms with van der Waals surface area (Å²) in [4.78, 5) is 2.37. The lowest BCUT2D eigenvalue weighted by Crippen LogP contribution is -2.36. The van der Waals surface area contributed by atoms with E-state index >= 15 is 0 Å². The summed E-state index contributed by atoms with van der Waals surface area (Å²) in [6.07, 6.45) is 2.00. The average molecular weight is 337 g/mol. The van der Waals surface area contributed by atoms with Crippen LogP contribution in [0.25, 0.3) is 5.65 Å². The highest BCUT2D eigenvalue weighted by atomic mass is 16.5. The lowest BCUT2D eigenvalue weighted by Gasteiger charge is -2.29. The Morgan fingerprint density at radius 2 is 1.88 bits per heavy atom. The summed E-state index contributed by atoms with van der Waals surface area (Å²) in [5.41, 5.74) is 3.40. The fraction of sp³-hybridized carbons (Fsp3) is 0.368. The van der Waals surface area contributed by atoms with E-state index < -0.39 is 0 Å². The first-order valence-corrected chi connectivity index (χ1v) is 8.76. The van der Waals surface area contributed by atoms with Crippen molar-refractivity contribution in [2.45, 2.75) is 19.5 Å². The van der Waals surface area contributed by atoms with Crippen molar-refractivity contribution < 1.29 is 4.74 Å². The van der Waals surface area contributed by atoms with Gasteiger partial charge in [-0.15, -0.1) is 10.2 Å². The molecule has 4 rings (SSSR count). The first-order valence-electron chi connectivity index (χ1n) is 8.76. The number of morpholine rings is 1. The summed E-state index contributed by atoms with van der Waals surface area (Å²) >= 11 is 0. The number of nitrogens with zero attached hydrogens (tertiary/aromatic N) is 4. The van der Waals surface area contributed by atoms with Gasteiger partial charge in [0.05, 0.1) is 19.3 Å². The maximum Gasteiger partial charge on any atom is 0.160 e. The van der Waals surface area contributed by atoms with Crippen molar-refractivity contribution in [2.24, 2.45) is 0 Å². The third-order valence-corrected chi connectivity index (χ3v) is 4.65. The molecule has 1 aliphatic rings. The molecule has 0 saturated carbocycles. The van der Waals surface area contributed by atoms with Gasteiger partial charge in [0.25, 0.3) is 0 Å². The molecule has 6 heteroatoms. The first-order chi connectivity index (χ1) is 12.3. The van der Waals surface area contributed by atoms with Crippen molar-refractivity contribution in [2.75, 3.05) is 31.2 Å². The molecule has 0 bridgehead atoms. The summed E-state index contributed by atoms with van der Waals surface area (Å²) < 4.78 is 7.44. The van der Waals surface area contributed by atoms with Gasteiger partial charge in [-0.3, -0.25) is 4.40 Å². The summed E-state index contributed by atoms with van der Waals surface area (Å²) in [6.45, 7) is 6.47. The predicted molar refractivity (Wildman–Crippen MR) is 97.7 cm³/mol. The van der Waals surface area contributed by atoms with E-state index in [9.17, 15) is 0 Å².